The Bertz CT molecular complexity index is 135. The number of hydrogen-bond acceptors (Lipinski definition) is 0. The van der Waals surface area contributed by atoms with Crippen LogP contribution in [0.1, 0.15) is 73.6 Å². The van der Waals surface area contributed by atoms with E-state index in [0.29, 0.717) is 0 Å². The standard InChI is InChI=1S/C15H32/c1-7-12(4)10-13(5)11-14(6)15(8-2)9-3/h12-15H,7-11H2,1-6H3. The lowest BCUT2D eigenvalue weighted by molar-refractivity contribution is 0.258. The highest BCUT2D eigenvalue weighted by Crippen LogP contribution is 2.28. The Morgan fingerprint density at radius 3 is 1.60 bits per heavy atom. The van der Waals surface area contributed by atoms with Gasteiger partial charge in [-0.15, -0.1) is 0 Å². The molecule has 15 heavy (non-hydrogen) atoms. The Kier molecular flexibility index (Phi) is 8.19. The van der Waals surface area contributed by atoms with Gasteiger partial charge in [-0.25, -0.2) is 0 Å². The predicted octanol–water partition coefficient (Wildman–Crippen LogP) is 5.52. The first kappa shape index (κ1) is 15.0. The van der Waals surface area contributed by atoms with E-state index in [0.717, 1.165) is 23.7 Å². The molecule has 0 radical (unpaired) electrons. The molecule has 0 nitrogen and oxygen atoms in total. The van der Waals surface area contributed by atoms with Gasteiger partial charge in [-0.05, 0) is 36.5 Å². The molecule has 0 heterocycles. The monoisotopic (exact) mass is 212 g/mol. The highest BCUT2D eigenvalue weighted by molar-refractivity contribution is 4.68. The van der Waals surface area contributed by atoms with Gasteiger partial charge in [0, 0.05) is 0 Å². The smallest absolute Gasteiger partial charge is 0.0394 e. The molecule has 3 atom stereocenters. The first-order chi connectivity index (χ1) is 7.04. The van der Waals surface area contributed by atoms with Crippen LogP contribution in [0.5, 0.6) is 0 Å². The lowest BCUT2D eigenvalue weighted by Crippen LogP contribution is -2.14. The van der Waals surface area contributed by atoms with Crippen molar-refractivity contribution in [3.63, 3.8) is 0 Å². The Balaban J connectivity index is 3.88. The molecule has 0 bridgehead atoms. The molecular weight excluding hydrogens is 180 g/mol. The highest BCUT2D eigenvalue weighted by Gasteiger charge is 2.17. The van der Waals surface area contributed by atoms with E-state index in [2.05, 4.69) is 41.5 Å². The fraction of sp³-hybridized carbons (Fsp3) is 1.00. The molecule has 0 aliphatic rings. The first-order valence-corrected chi connectivity index (χ1v) is 7.04. The quantitative estimate of drug-likeness (QED) is 0.497. The molecule has 0 aliphatic carbocycles. The second-order valence-electron chi connectivity index (χ2n) is 5.64. The van der Waals surface area contributed by atoms with Crippen LogP contribution in [0, 0.1) is 23.7 Å². The van der Waals surface area contributed by atoms with Gasteiger partial charge in [0.1, 0.15) is 0 Å². The average Bonchev–Trinajstić information content (AvgIpc) is 2.19. The molecule has 0 aromatic heterocycles. The normalized spacial score (nSPS) is 17.8. The maximum Gasteiger partial charge on any atom is -0.0394 e. The zero-order valence-corrected chi connectivity index (χ0v) is 11.8. The van der Waals surface area contributed by atoms with Crippen molar-refractivity contribution < 1.29 is 0 Å². The van der Waals surface area contributed by atoms with Gasteiger partial charge >= 0.3 is 0 Å². The van der Waals surface area contributed by atoms with Crippen molar-refractivity contribution in [2.24, 2.45) is 23.7 Å². The summed E-state index contributed by atoms with van der Waals surface area (Å²) >= 11 is 0. The molecule has 3 unspecified atom stereocenters. The van der Waals surface area contributed by atoms with E-state index in [1.54, 1.807) is 0 Å². The lowest BCUT2D eigenvalue weighted by atomic mass is 9.81. The Hall–Kier alpha value is 0. The second kappa shape index (κ2) is 8.19. The summed E-state index contributed by atoms with van der Waals surface area (Å²) in [5.41, 5.74) is 0. The average molecular weight is 212 g/mol. The van der Waals surface area contributed by atoms with Crippen molar-refractivity contribution in [1.29, 1.82) is 0 Å². The fourth-order valence-electron chi connectivity index (χ4n) is 2.87. The van der Waals surface area contributed by atoms with Gasteiger partial charge in [0.2, 0.25) is 0 Å². The highest BCUT2D eigenvalue weighted by atomic mass is 14.2. The maximum atomic E-state index is 2.45. The van der Waals surface area contributed by atoms with E-state index in [4.69, 9.17) is 0 Å². The molecule has 0 aromatic carbocycles. The molecule has 0 aromatic rings. The van der Waals surface area contributed by atoms with Gasteiger partial charge < -0.3 is 0 Å². The fourth-order valence-corrected chi connectivity index (χ4v) is 2.87. The Labute approximate surface area is 97.8 Å². The Morgan fingerprint density at radius 1 is 0.667 bits per heavy atom. The Morgan fingerprint density at radius 2 is 1.20 bits per heavy atom. The number of hydrogen-bond donors (Lipinski definition) is 0. The van der Waals surface area contributed by atoms with E-state index in [-0.39, 0.29) is 0 Å². The van der Waals surface area contributed by atoms with E-state index in [1.807, 2.05) is 0 Å². The zero-order chi connectivity index (χ0) is 11.8. The van der Waals surface area contributed by atoms with Crippen LogP contribution in [-0.4, -0.2) is 0 Å². The van der Waals surface area contributed by atoms with Crippen LogP contribution in [0.25, 0.3) is 0 Å². The van der Waals surface area contributed by atoms with Gasteiger partial charge in [0.15, 0.2) is 0 Å². The summed E-state index contributed by atoms with van der Waals surface area (Å²) in [5, 5.41) is 0. The van der Waals surface area contributed by atoms with Crippen LogP contribution in [0.4, 0.5) is 0 Å². The first-order valence-electron chi connectivity index (χ1n) is 7.04. The van der Waals surface area contributed by atoms with Crippen molar-refractivity contribution in [1.82, 2.24) is 0 Å². The van der Waals surface area contributed by atoms with E-state index in [1.165, 1.54) is 32.1 Å². The van der Waals surface area contributed by atoms with Crippen LogP contribution in [0.3, 0.4) is 0 Å². The summed E-state index contributed by atoms with van der Waals surface area (Å²) in [6, 6.07) is 0. The summed E-state index contributed by atoms with van der Waals surface area (Å²) < 4.78 is 0. The second-order valence-corrected chi connectivity index (χ2v) is 5.64. The van der Waals surface area contributed by atoms with Crippen LogP contribution >= 0.6 is 0 Å². The lowest BCUT2D eigenvalue weighted by Gasteiger charge is -2.25. The van der Waals surface area contributed by atoms with Gasteiger partial charge in [-0.3, -0.25) is 0 Å². The minimum absolute atomic E-state index is 0.911. The van der Waals surface area contributed by atoms with Gasteiger partial charge in [-0.1, -0.05) is 60.8 Å². The summed E-state index contributed by atoms with van der Waals surface area (Å²) in [6.45, 7) is 14.3. The van der Waals surface area contributed by atoms with Crippen LogP contribution in [0.2, 0.25) is 0 Å². The van der Waals surface area contributed by atoms with E-state index < -0.39 is 0 Å². The molecule has 0 rings (SSSR count). The summed E-state index contributed by atoms with van der Waals surface area (Å²) in [7, 11) is 0. The molecule has 0 N–H and O–H groups in total. The third-order valence-electron chi connectivity index (χ3n) is 4.13. The van der Waals surface area contributed by atoms with Crippen molar-refractivity contribution in [3.05, 3.63) is 0 Å². The third kappa shape index (κ3) is 6.22. The molecule has 0 saturated heterocycles. The van der Waals surface area contributed by atoms with E-state index in [9.17, 15) is 0 Å². The summed E-state index contributed by atoms with van der Waals surface area (Å²) in [5.74, 6) is 3.69. The minimum atomic E-state index is 0.911. The van der Waals surface area contributed by atoms with Crippen LogP contribution < -0.4 is 0 Å². The number of rotatable bonds is 8. The largest absolute Gasteiger partial charge is 0.0651 e. The van der Waals surface area contributed by atoms with Crippen molar-refractivity contribution in [2.75, 3.05) is 0 Å². The van der Waals surface area contributed by atoms with Crippen LogP contribution in [-0.2, 0) is 0 Å². The van der Waals surface area contributed by atoms with Crippen molar-refractivity contribution in [2.45, 2.75) is 73.6 Å². The summed E-state index contributed by atoms with van der Waals surface area (Å²) in [6.07, 6.45) is 6.89. The maximum absolute atomic E-state index is 2.45. The molecule has 0 fully saturated rings. The predicted molar refractivity (Wildman–Crippen MR) is 71.1 cm³/mol. The van der Waals surface area contributed by atoms with Crippen LogP contribution in [0.15, 0.2) is 0 Å². The third-order valence-corrected chi connectivity index (χ3v) is 4.13. The molecule has 0 spiro atoms. The minimum Gasteiger partial charge on any atom is -0.0651 e. The topological polar surface area (TPSA) is 0 Å². The molecule has 0 heteroatoms. The van der Waals surface area contributed by atoms with E-state index >= 15 is 0 Å². The molecule has 0 amide bonds. The van der Waals surface area contributed by atoms with Gasteiger partial charge in [0.05, 0.1) is 0 Å². The molecular formula is C15H32. The molecule has 0 saturated carbocycles. The molecule has 92 valence electrons. The van der Waals surface area contributed by atoms with Crippen molar-refractivity contribution >= 4 is 0 Å². The SMILES string of the molecule is CCC(C)CC(C)CC(C)C(CC)CC. The summed E-state index contributed by atoms with van der Waals surface area (Å²) in [4.78, 5) is 0. The van der Waals surface area contributed by atoms with Gasteiger partial charge in [-0.2, -0.15) is 0 Å². The van der Waals surface area contributed by atoms with Gasteiger partial charge in [0.25, 0.3) is 0 Å². The van der Waals surface area contributed by atoms with Crippen molar-refractivity contribution in [3.8, 4) is 0 Å². The molecule has 0 aliphatic heterocycles. The zero-order valence-electron chi connectivity index (χ0n) is 11.8.